The van der Waals surface area contributed by atoms with Gasteiger partial charge in [-0.05, 0) is 48.8 Å². The molecule has 2 atom stereocenters. The summed E-state index contributed by atoms with van der Waals surface area (Å²) in [4.78, 5) is 30.2. The van der Waals surface area contributed by atoms with Crippen LogP contribution < -0.4 is 4.74 Å². The number of amides is 2. The second-order valence-electron chi connectivity index (χ2n) is 7.18. The molecule has 0 unspecified atom stereocenters. The molecule has 0 bridgehead atoms. The van der Waals surface area contributed by atoms with Gasteiger partial charge in [0.05, 0.1) is 4.88 Å². The van der Waals surface area contributed by atoms with Crippen molar-refractivity contribution in [2.24, 2.45) is 5.92 Å². The zero-order chi connectivity index (χ0) is 18.6. The zero-order valence-electron chi connectivity index (χ0n) is 15.3. The number of hydrogen-bond donors (Lipinski definition) is 0. The van der Waals surface area contributed by atoms with E-state index in [9.17, 15) is 9.59 Å². The average molecular weight is 385 g/mol. The molecule has 2 aromatic rings. The van der Waals surface area contributed by atoms with Gasteiger partial charge >= 0.3 is 0 Å². The highest BCUT2D eigenvalue weighted by atomic mass is 32.1. The Labute approximate surface area is 163 Å². The van der Waals surface area contributed by atoms with E-state index in [4.69, 9.17) is 4.74 Å². The molecule has 142 valence electrons. The number of rotatable bonds is 4. The first-order chi connectivity index (χ1) is 13.2. The van der Waals surface area contributed by atoms with E-state index in [-0.39, 0.29) is 24.5 Å². The summed E-state index contributed by atoms with van der Waals surface area (Å²) < 4.78 is 5.61. The lowest BCUT2D eigenvalue weighted by atomic mass is 9.83. The van der Waals surface area contributed by atoms with Gasteiger partial charge in [0.1, 0.15) is 5.75 Å². The molecule has 1 aromatic carbocycles. The van der Waals surface area contributed by atoms with E-state index >= 15 is 0 Å². The third kappa shape index (κ3) is 4.00. The van der Waals surface area contributed by atoms with Gasteiger partial charge in [0.2, 0.25) is 0 Å². The van der Waals surface area contributed by atoms with Crippen LogP contribution in [-0.2, 0) is 4.79 Å². The number of fused-ring (bicyclic) bond motifs is 1. The van der Waals surface area contributed by atoms with Crippen molar-refractivity contribution in [2.75, 3.05) is 26.2 Å². The van der Waals surface area contributed by atoms with Gasteiger partial charge in [0.15, 0.2) is 6.61 Å². The number of ether oxygens (including phenoxy) is 1. The average Bonchev–Trinajstić information content (AvgIpc) is 3.26. The molecule has 0 saturated carbocycles. The van der Waals surface area contributed by atoms with E-state index in [1.54, 1.807) is 0 Å². The normalized spacial score (nSPS) is 22.2. The van der Waals surface area contributed by atoms with Crippen molar-refractivity contribution < 1.29 is 14.3 Å². The molecular formula is C21H24N2O3S. The van der Waals surface area contributed by atoms with E-state index in [0.717, 1.165) is 37.2 Å². The van der Waals surface area contributed by atoms with Crippen molar-refractivity contribution in [3.63, 3.8) is 0 Å². The zero-order valence-corrected chi connectivity index (χ0v) is 16.1. The Morgan fingerprint density at radius 1 is 1.07 bits per heavy atom. The molecule has 0 radical (unpaired) electrons. The SMILES string of the molecule is O=C(COc1ccccc1)N1CC[C@H]2[C@H](CCCN2C(=O)c2cccs2)C1. The first-order valence-electron chi connectivity index (χ1n) is 9.52. The van der Waals surface area contributed by atoms with E-state index in [1.165, 1.54) is 11.3 Å². The highest BCUT2D eigenvalue weighted by Crippen LogP contribution is 2.32. The topological polar surface area (TPSA) is 49.9 Å². The van der Waals surface area contributed by atoms with Crippen molar-refractivity contribution in [2.45, 2.75) is 25.3 Å². The molecule has 2 saturated heterocycles. The first-order valence-corrected chi connectivity index (χ1v) is 10.4. The number of hydrogen-bond acceptors (Lipinski definition) is 4. The van der Waals surface area contributed by atoms with Gasteiger partial charge in [-0.1, -0.05) is 24.3 Å². The molecule has 2 aliphatic rings. The molecule has 0 N–H and O–H groups in total. The molecule has 5 nitrogen and oxygen atoms in total. The fourth-order valence-corrected chi connectivity index (χ4v) is 4.86. The standard InChI is InChI=1S/C21H24N2O3S/c24-20(15-26-17-7-2-1-3-8-17)22-12-10-18-16(14-22)6-4-11-23(18)21(25)19-9-5-13-27-19/h1-3,5,7-9,13,16,18H,4,6,10-12,14-15H2/t16-,18+/m1/s1. The maximum Gasteiger partial charge on any atom is 0.264 e. The summed E-state index contributed by atoms with van der Waals surface area (Å²) in [6, 6.07) is 13.5. The van der Waals surface area contributed by atoms with E-state index in [0.29, 0.717) is 18.2 Å². The van der Waals surface area contributed by atoms with Crippen LogP contribution in [0.4, 0.5) is 0 Å². The first kappa shape index (κ1) is 18.0. The second kappa shape index (κ2) is 8.13. The number of likely N-dealkylation sites (tertiary alicyclic amines) is 2. The largest absolute Gasteiger partial charge is 0.484 e. The van der Waals surface area contributed by atoms with Crippen LogP contribution in [0, 0.1) is 5.92 Å². The molecule has 2 fully saturated rings. The predicted molar refractivity (Wildman–Crippen MR) is 105 cm³/mol. The van der Waals surface area contributed by atoms with Gasteiger partial charge in [-0.2, -0.15) is 0 Å². The molecule has 4 rings (SSSR count). The minimum absolute atomic E-state index is 0.0269. The van der Waals surface area contributed by atoms with Crippen molar-refractivity contribution in [1.82, 2.24) is 9.80 Å². The maximum atomic E-state index is 12.8. The summed E-state index contributed by atoms with van der Waals surface area (Å²) in [5.41, 5.74) is 0. The number of thiophene rings is 1. The predicted octanol–water partition coefficient (Wildman–Crippen LogP) is 3.28. The minimum atomic E-state index is 0.0269. The summed E-state index contributed by atoms with van der Waals surface area (Å²) in [5.74, 6) is 1.24. The Hall–Kier alpha value is -2.34. The van der Waals surface area contributed by atoms with Crippen molar-refractivity contribution in [3.8, 4) is 5.75 Å². The molecule has 0 aliphatic carbocycles. The Morgan fingerprint density at radius 2 is 1.93 bits per heavy atom. The van der Waals surface area contributed by atoms with Crippen LogP contribution >= 0.6 is 11.3 Å². The fourth-order valence-electron chi connectivity index (χ4n) is 4.18. The van der Waals surface area contributed by atoms with E-state index in [2.05, 4.69) is 0 Å². The van der Waals surface area contributed by atoms with Crippen LogP contribution in [0.5, 0.6) is 5.75 Å². The highest BCUT2D eigenvalue weighted by molar-refractivity contribution is 7.12. The third-order valence-corrected chi connectivity index (χ3v) is 6.38. The lowest BCUT2D eigenvalue weighted by Crippen LogP contribution is -2.57. The van der Waals surface area contributed by atoms with Crippen LogP contribution in [-0.4, -0.2) is 53.9 Å². The summed E-state index contributed by atoms with van der Waals surface area (Å²) in [6.45, 7) is 2.30. The molecule has 6 heteroatoms. The van der Waals surface area contributed by atoms with Gasteiger partial charge in [-0.15, -0.1) is 11.3 Å². The smallest absolute Gasteiger partial charge is 0.264 e. The van der Waals surface area contributed by atoms with Crippen LogP contribution in [0.3, 0.4) is 0 Å². The third-order valence-electron chi connectivity index (χ3n) is 5.52. The molecule has 3 heterocycles. The van der Waals surface area contributed by atoms with Gasteiger partial charge in [-0.3, -0.25) is 9.59 Å². The lowest BCUT2D eigenvalue weighted by Gasteiger charge is -2.47. The number of carbonyl (C=O) groups is 2. The molecule has 2 amide bonds. The van der Waals surface area contributed by atoms with Crippen LogP contribution in [0.15, 0.2) is 47.8 Å². The monoisotopic (exact) mass is 384 g/mol. The minimum Gasteiger partial charge on any atom is -0.484 e. The summed E-state index contributed by atoms with van der Waals surface area (Å²) in [6.07, 6.45) is 2.92. The number of benzene rings is 1. The van der Waals surface area contributed by atoms with Crippen molar-refractivity contribution >= 4 is 23.2 Å². The Morgan fingerprint density at radius 3 is 2.70 bits per heavy atom. The number of para-hydroxylation sites is 1. The second-order valence-corrected chi connectivity index (χ2v) is 8.12. The molecular weight excluding hydrogens is 360 g/mol. The molecule has 0 spiro atoms. The van der Waals surface area contributed by atoms with Gasteiger partial charge < -0.3 is 14.5 Å². The quantitative estimate of drug-likeness (QED) is 0.813. The van der Waals surface area contributed by atoms with Gasteiger partial charge in [-0.25, -0.2) is 0 Å². The lowest BCUT2D eigenvalue weighted by molar-refractivity contribution is -0.136. The number of nitrogens with zero attached hydrogens (tertiary/aromatic N) is 2. The van der Waals surface area contributed by atoms with Crippen LogP contribution in [0.1, 0.15) is 28.9 Å². The van der Waals surface area contributed by atoms with Crippen LogP contribution in [0.2, 0.25) is 0 Å². The molecule has 27 heavy (non-hydrogen) atoms. The number of carbonyl (C=O) groups excluding carboxylic acids is 2. The van der Waals surface area contributed by atoms with E-state index in [1.807, 2.05) is 57.6 Å². The molecule has 2 aliphatic heterocycles. The van der Waals surface area contributed by atoms with Crippen molar-refractivity contribution in [1.29, 1.82) is 0 Å². The van der Waals surface area contributed by atoms with E-state index < -0.39 is 0 Å². The Bertz CT molecular complexity index is 778. The Kier molecular flexibility index (Phi) is 5.43. The summed E-state index contributed by atoms with van der Waals surface area (Å²) in [5, 5.41) is 1.95. The summed E-state index contributed by atoms with van der Waals surface area (Å²) in [7, 11) is 0. The van der Waals surface area contributed by atoms with Crippen LogP contribution in [0.25, 0.3) is 0 Å². The molecule has 1 aromatic heterocycles. The van der Waals surface area contributed by atoms with Crippen molar-refractivity contribution in [3.05, 3.63) is 52.7 Å². The van der Waals surface area contributed by atoms with Gasteiger partial charge in [0, 0.05) is 25.7 Å². The number of piperidine rings is 2. The Balaban J connectivity index is 1.35. The maximum absolute atomic E-state index is 12.8. The highest BCUT2D eigenvalue weighted by Gasteiger charge is 2.39. The van der Waals surface area contributed by atoms with Gasteiger partial charge in [0.25, 0.3) is 11.8 Å². The summed E-state index contributed by atoms with van der Waals surface area (Å²) >= 11 is 1.50. The fraction of sp³-hybridized carbons (Fsp3) is 0.429.